The van der Waals surface area contributed by atoms with E-state index in [-0.39, 0.29) is 50.2 Å². The monoisotopic (exact) mass is 882 g/mol. The lowest BCUT2D eigenvalue weighted by atomic mass is 9.90. The lowest BCUT2D eigenvalue weighted by molar-refractivity contribution is -0.161. The van der Waals surface area contributed by atoms with Crippen LogP contribution in [0.15, 0.2) is 36.5 Å². The number of carbonyl (C=O) groups excluding carboxylic acids is 3. The van der Waals surface area contributed by atoms with Gasteiger partial charge >= 0.3 is 19.8 Å². The van der Waals surface area contributed by atoms with Crippen molar-refractivity contribution in [3.63, 3.8) is 0 Å². The molecule has 0 saturated carbocycles. The quantitative estimate of drug-likeness (QED) is 0.0230. The van der Waals surface area contributed by atoms with Crippen molar-refractivity contribution in [1.29, 1.82) is 0 Å². The number of esters is 2. The number of rotatable bonds is 43. The van der Waals surface area contributed by atoms with E-state index in [1.165, 1.54) is 109 Å². The number of ketones is 1. The molecule has 11 nitrogen and oxygen atoms in total. The lowest BCUT2D eigenvalue weighted by Crippen LogP contribution is -2.29. The van der Waals surface area contributed by atoms with Crippen LogP contribution >= 0.6 is 7.82 Å². The third-order valence-electron chi connectivity index (χ3n) is 11.3. The minimum absolute atomic E-state index is 0.0195. The van der Waals surface area contributed by atoms with Crippen molar-refractivity contribution in [2.24, 2.45) is 17.6 Å². The van der Waals surface area contributed by atoms with E-state index in [4.69, 9.17) is 24.3 Å². The Kier molecular flexibility index (Phi) is 36.8. The number of aliphatic hydroxyl groups is 1. The first-order valence-corrected chi connectivity index (χ1v) is 26.0. The molecule has 1 unspecified atom stereocenters. The summed E-state index contributed by atoms with van der Waals surface area (Å²) in [7, 11) is -4.44. The van der Waals surface area contributed by atoms with Crippen molar-refractivity contribution in [2.75, 3.05) is 26.4 Å². The molecule has 5 atom stereocenters. The largest absolute Gasteiger partial charge is 0.472 e. The van der Waals surface area contributed by atoms with Gasteiger partial charge in [-0.05, 0) is 44.1 Å². The zero-order valence-electron chi connectivity index (χ0n) is 38.5. The van der Waals surface area contributed by atoms with Gasteiger partial charge in [0.2, 0.25) is 0 Å². The molecular weight excluding hydrogens is 794 g/mol. The van der Waals surface area contributed by atoms with Crippen molar-refractivity contribution in [3.8, 4) is 0 Å². The van der Waals surface area contributed by atoms with E-state index in [0.29, 0.717) is 32.1 Å². The average molecular weight is 882 g/mol. The molecule has 0 saturated heterocycles. The fraction of sp³-hybridized carbons (Fsp3) is 0.816. The molecule has 61 heavy (non-hydrogen) atoms. The van der Waals surface area contributed by atoms with E-state index < -0.39 is 38.6 Å². The summed E-state index contributed by atoms with van der Waals surface area (Å²) in [4.78, 5) is 47.5. The van der Waals surface area contributed by atoms with Gasteiger partial charge < -0.3 is 25.2 Å². The first kappa shape index (κ1) is 56.9. The molecule has 0 aromatic carbocycles. The molecule has 0 radical (unpaired) electrons. The molecule has 1 rings (SSSR count). The standard InChI is InChI=1S/C49H88NO10P/c1-3-5-7-8-9-10-11-12-13-14-15-16-17-18-19-20-21-22-23-24-29-33-48(53)57-41-45(42-59-61(55,56)58-40-39-50)60-49(54)34-30-26-25-28-31-43-35-38-47(52)46(43)37-36-44(51)32-27-6-4-2/h25,28,35-38,43-46,51H,3-24,26-27,29-34,39-42,50H2,1-2H3,(H,55,56)/b28-25-,37-36+/t43-,44-,45+,46+/m0/s1. The van der Waals surface area contributed by atoms with Crippen LogP contribution in [0.1, 0.15) is 206 Å². The van der Waals surface area contributed by atoms with E-state index in [9.17, 15) is 28.9 Å². The molecule has 354 valence electrons. The number of phosphoric acid groups is 1. The fourth-order valence-corrected chi connectivity index (χ4v) is 8.27. The summed E-state index contributed by atoms with van der Waals surface area (Å²) in [5.74, 6) is -1.20. The maximum Gasteiger partial charge on any atom is 0.472 e. The topological polar surface area (TPSA) is 172 Å². The van der Waals surface area contributed by atoms with Crippen molar-refractivity contribution < 1.29 is 47.5 Å². The fourth-order valence-electron chi connectivity index (χ4n) is 7.51. The van der Waals surface area contributed by atoms with Crippen LogP contribution in [-0.4, -0.2) is 66.3 Å². The number of nitrogens with two attached hydrogens (primary N) is 1. The Morgan fingerprint density at radius 2 is 1.25 bits per heavy atom. The van der Waals surface area contributed by atoms with Crippen molar-refractivity contribution in [3.05, 3.63) is 36.5 Å². The third-order valence-corrected chi connectivity index (χ3v) is 12.3. The van der Waals surface area contributed by atoms with Gasteiger partial charge in [-0.25, -0.2) is 4.57 Å². The second kappa shape index (κ2) is 39.5. The molecular formula is C49H88NO10P. The molecule has 0 amide bonds. The molecule has 0 aliphatic heterocycles. The van der Waals surface area contributed by atoms with E-state index in [0.717, 1.165) is 38.5 Å². The molecule has 0 bridgehead atoms. The Bertz CT molecular complexity index is 1240. The third kappa shape index (κ3) is 34.0. The summed E-state index contributed by atoms with van der Waals surface area (Å²) in [6, 6.07) is 0. The number of hydrogen-bond acceptors (Lipinski definition) is 10. The maximum atomic E-state index is 12.7. The molecule has 0 fully saturated rings. The number of phosphoric ester groups is 1. The van der Waals surface area contributed by atoms with Crippen molar-refractivity contribution in [2.45, 2.75) is 219 Å². The first-order valence-electron chi connectivity index (χ1n) is 24.5. The van der Waals surface area contributed by atoms with E-state index in [2.05, 4.69) is 13.8 Å². The number of hydrogen-bond donors (Lipinski definition) is 3. The Labute approximate surface area is 371 Å². The minimum Gasteiger partial charge on any atom is -0.462 e. The molecule has 0 aromatic rings. The van der Waals surface area contributed by atoms with Gasteiger partial charge in [-0.2, -0.15) is 0 Å². The SMILES string of the molecule is CCCCCCCCCCCCCCCCCCCCCCCC(=O)OC[C@H](COP(=O)(O)OCCN)OC(=O)CCC/C=C\C[C@H]1C=CC(=O)[C@@H]1/C=C/[C@@H](O)CCCCC. The Balaban J connectivity index is 2.26. The van der Waals surface area contributed by atoms with Crippen molar-refractivity contribution in [1.82, 2.24) is 0 Å². The number of aliphatic hydroxyl groups excluding tert-OH is 1. The summed E-state index contributed by atoms with van der Waals surface area (Å²) in [6.45, 7) is 3.43. The van der Waals surface area contributed by atoms with Gasteiger partial charge in [-0.15, -0.1) is 0 Å². The van der Waals surface area contributed by atoms with Gasteiger partial charge in [-0.3, -0.25) is 23.4 Å². The highest BCUT2D eigenvalue weighted by Crippen LogP contribution is 2.43. The van der Waals surface area contributed by atoms with Gasteiger partial charge in [0, 0.05) is 25.3 Å². The number of ether oxygens (including phenoxy) is 2. The molecule has 1 aliphatic rings. The Morgan fingerprint density at radius 3 is 1.80 bits per heavy atom. The maximum absolute atomic E-state index is 12.7. The second-order valence-electron chi connectivity index (χ2n) is 17.0. The van der Waals surface area contributed by atoms with Crippen LogP contribution in [0.3, 0.4) is 0 Å². The van der Waals surface area contributed by atoms with Crippen LogP contribution < -0.4 is 5.73 Å². The van der Waals surface area contributed by atoms with Crippen molar-refractivity contribution >= 4 is 25.5 Å². The highest BCUT2D eigenvalue weighted by Gasteiger charge is 2.27. The molecule has 4 N–H and O–H groups in total. The minimum atomic E-state index is -4.44. The van der Waals surface area contributed by atoms with Gasteiger partial charge in [0.1, 0.15) is 6.61 Å². The predicted molar refractivity (Wildman–Crippen MR) is 247 cm³/mol. The highest BCUT2D eigenvalue weighted by atomic mass is 31.2. The smallest absolute Gasteiger partial charge is 0.462 e. The summed E-state index contributed by atoms with van der Waals surface area (Å²) in [6.07, 6.45) is 42.4. The van der Waals surface area contributed by atoms with Crippen LogP contribution in [0.2, 0.25) is 0 Å². The van der Waals surface area contributed by atoms with Gasteiger partial charge in [0.25, 0.3) is 0 Å². The average Bonchev–Trinajstić information content (AvgIpc) is 3.60. The summed E-state index contributed by atoms with van der Waals surface area (Å²) < 4.78 is 32.9. The van der Waals surface area contributed by atoms with E-state index >= 15 is 0 Å². The summed E-state index contributed by atoms with van der Waals surface area (Å²) in [5.41, 5.74) is 5.36. The molecule has 0 spiro atoms. The molecule has 0 aromatic heterocycles. The van der Waals surface area contributed by atoms with Crippen LogP contribution in [0.4, 0.5) is 0 Å². The van der Waals surface area contributed by atoms with Crippen LogP contribution in [0.5, 0.6) is 0 Å². The number of unbranched alkanes of at least 4 members (excludes halogenated alkanes) is 23. The number of allylic oxidation sites excluding steroid dienone is 5. The Hall–Kier alpha value is -2.14. The number of carbonyl (C=O) groups is 3. The zero-order valence-corrected chi connectivity index (χ0v) is 39.4. The highest BCUT2D eigenvalue weighted by molar-refractivity contribution is 7.47. The van der Waals surface area contributed by atoms with Gasteiger partial charge in [0.15, 0.2) is 11.9 Å². The normalized spacial score (nSPS) is 17.4. The molecule has 1 aliphatic carbocycles. The summed E-state index contributed by atoms with van der Waals surface area (Å²) in [5, 5.41) is 10.2. The Morgan fingerprint density at radius 1 is 0.721 bits per heavy atom. The van der Waals surface area contributed by atoms with Gasteiger partial charge in [-0.1, -0.05) is 192 Å². The van der Waals surface area contributed by atoms with E-state index in [1.54, 1.807) is 12.2 Å². The predicted octanol–water partition coefficient (Wildman–Crippen LogP) is 12.1. The van der Waals surface area contributed by atoms with Gasteiger partial charge in [0.05, 0.1) is 19.3 Å². The zero-order chi connectivity index (χ0) is 44.7. The van der Waals surface area contributed by atoms with Crippen LogP contribution in [-0.2, 0) is 37.5 Å². The van der Waals surface area contributed by atoms with E-state index in [1.807, 2.05) is 24.3 Å². The first-order chi connectivity index (χ1) is 29.6. The molecule has 0 heterocycles. The summed E-state index contributed by atoms with van der Waals surface area (Å²) >= 11 is 0. The lowest BCUT2D eigenvalue weighted by Gasteiger charge is -2.19. The second-order valence-corrected chi connectivity index (χ2v) is 18.5. The van der Waals surface area contributed by atoms with Crippen LogP contribution in [0.25, 0.3) is 0 Å². The van der Waals surface area contributed by atoms with Crippen LogP contribution in [0, 0.1) is 11.8 Å². The molecule has 12 heteroatoms.